The minimum absolute atomic E-state index is 0.0830. The van der Waals surface area contributed by atoms with Crippen molar-refractivity contribution in [3.63, 3.8) is 0 Å². The summed E-state index contributed by atoms with van der Waals surface area (Å²) >= 11 is 0. The number of carbonyl (C=O) groups excluding carboxylic acids is 4. The van der Waals surface area contributed by atoms with Crippen LogP contribution in [-0.2, 0) is 33.9 Å². The SMILES string of the molecule is COC[C@@H]1CCCC/C=C\[C@@H]2C[C@@]2(C(=O)NS(=O)(=O)C2(C)CC2)NC(=O)[C@@H]2C[C@@H](Oc3ncc(OC)c4ccccc34)CN2C(=O)[C@H]1NC(=O)OC(C)(C)C(F)(F)F. The van der Waals surface area contributed by atoms with E-state index >= 15 is 0 Å². The molecule has 3 fully saturated rings. The third kappa shape index (κ3) is 8.70. The van der Waals surface area contributed by atoms with Crippen LogP contribution in [0.2, 0.25) is 0 Å². The van der Waals surface area contributed by atoms with Crippen LogP contribution in [0.15, 0.2) is 42.6 Å². The van der Waals surface area contributed by atoms with E-state index in [9.17, 15) is 40.8 Å². The predicted molar refractivity (Wildman–Crippen MR) is 203 cm³/mol. The van der Waals surface area contributed by atoms with Gasteiger partial charge in [-0.25, -0.2) is 18.2 Å². The molecule has 3 heterocycles. The molecule has 19 heteroatoms. The van der Waals surface area contributed by atoms with E-state index in [0.717, 1.165) is 4.90 Å². The Morgan fingerprint density at radius 1 is 1.09 bits per heavy atom. The number of allylic oxidation sites excluding steroid dienone is 1. The number of methoxy groups -OCH3 is 2. The van der Waals surface area contributed by atoms with E-state index in [1.165, 1.54) is 27.3 Å². The molecule has 4 aliphatic rings. The number of hydrogen-bond donors (Lipinski definition) is 3. The van der Waals surface area contributed by atoms with Crippen molar-refractivity contribution in [3.05, 3.63) is 42.6 Å². The first-order valence-corrected chi connectivity index (χ1v) is 20.7. The maximum absolute atomic E-state index is 14.8. The van der Waals surface area contributed by atoms with E-state index < -0.39 is 85.9 Å². The molecular weight excluding hydrogens is 788 g/mol. The first kappa shape index (κ1) is 42.9. The number of ether oxygens (including phenoxy) is 4. The molecule has 1 aromatic heterocycles. The molecule has 58 heavy (non-hydrogen) atoms. The summed E-state index contributed by atoms with van der Waals surface area (Å²) in [5.74, 6) is -3.22. The number of carbonyl (C=O) groups is 4. The molecule has 2 aromatic rings. The van der Waals surface area contributed by atoms with Gasteiger partial charge in [-0.15, -0.1) is 0 Å². The fourth-order valence-corrected chi connectivity index (χ4v) is 8.80. The normalized spacial score (nSPS) is 28.1. The van der Waals surface area contributed by atoms with Gasteiger partial charge in [0.15, 0.2) is 0 Å². The molecule has 4 amide bonds. The largest absolute Gasteiger partial charge is 0.494 e. The monoisotopic (exact) mass is 837 g/mol. The summed E-state index contributed by atoms with van der Waals surface area (Å²) in [6.45, 7) is 2.56. The lowest BCUT2D eigenvalue weighted by atomic mass is 9.92. The van der Waals surface area contributed by atoms with Gasteiger partial charge < -0.3 is 34.5 Å². The number of sulfonamides is 1. The van der Waals surface area contributed by atoms with Gasteiger partial charge in [-0.2, -0.15) is 13.2 Å². The van der Waals surface area contributed by atoms with Crippen molar-refractivity contribution in [2.45, 2.75) is 112 Å². The Morgan fingerprint density at radius 2 is 1.79 bits per heavy atom. The van der Waals surface area contributed by atoms with Crippen LogP contribution in [0, 0.1) is 11.8 Å². The molecule has 2 saturated carbocycles. The lowest BCUT2D eigenvalue weighted by molar-refractivity contribution is -0.244. The molecule has 1 saturated heterocycles. The van der Waals surface area contributed by atoms with E-state index in [2.05, 4.69) is 20.3 Å². The van der Waals surface area contributed by atoms with Gasteiger partial charge in [-0.1, -0.05) is 36.8 Å². The highest BCUT2D eigenvalue weighted by atomic mass is 32.2. The van der Waals surface area contributed by atoms with Crippen LogP contribution in [0.1, 0.15) is 72.1 Å². The Hall–Kier alpha value is -4.65. The number of hydrogen-bond acceptors (Lipinski definition) is 11. The van der Waals surface area contributed by atoms with Crippen molar-refractivity contribution in [1.29, 1.82) is 0 Å². The van der Waals surface area contributed by atoms with Gasteiger partial charge >= 0.3 is 12.3 Å². The van der Waals surface area contributed by atoms with Crippen LogP contribution >= 0.6 is 0 Å². The van der Waals surface area contributed by atoms with Gasteiger partial charge in [-0.05, 0) is 65.4 Å². The van der Waals surface area contributed by atoms with E-state index in [0.29, 0.717) is 68.9 Å². The second-order valence-electron chi connectivity index (χ2n) is 16.3. The molecular formula is C39H50F3N5O10S. The number of halogens is 3. The maximum Gasteiger partial charge on any atom is 0.427 e. The van der Waals surface area contributed by atoms with Crippen LogP contribution in [0.4, 0.5) is 18.0 Å². The zero-order valence-corrected chi connectivity index (χ0v) is 33.8. The van der Waals surface area contributed by atoms with Crippen LogP contribution in [0.25, 0.3) is 10.8 Å². The molecule has 6 rings (SSSR count). The topological polar surface area (TPSA) is 192 Å². The first-order chi connectivity index (χ1) is 27.3. The molecule has 0 radical (unpaired) electrons. The summed E-state index contributed by atoms with van der Waals surface area (Å²) in [6, 6.07) is 4.26. The third-order valence-electron chi connectivity index (χ3n) is 11.7. The number of fused-ring (bicyclic) bond motifs is 3. The highest BCUT2D eigenvalue weighted by molar-refractivity contribution is 7.91. The van der Waals surface area contributed by atoms with E-state index in [1.807, 2.05) is 6.08 Å². The molecule has 2 aliphatic heterocycles. The fourth-order valence-electron chi connectivity index (χ4n) is 7.49. The van der Waals surface area contributed by atoms with Gasteiger partial charge in [0.2, 0.25) is 33.3 Å². The summed E-state index contributed by atoms with van der Waals surface area (Å²) in [7, 11) is -1.21. The summed E-state index contributed by atoms with van der Waals surface area (Å²) < 4.78 is 90.8. The summed E-state index contributed by atoms with van der Waals surface area (Å²) in [5, 5.41) is 6.40. The zero-order valence-electron chi connectivity index (χ0n) is 33.0. The van der Waals surface area contributed by atoms with Gasteiger partial charge in [0, 0.05) is 36.1 Å². The van der Waals surface area contributed by atoms with Crippen LogP contribution in [-0.4, -0.2) is 110 Å². The van der Waals surface area contributed by atoms with Crippen molar-refractivity contribution >= 4 is 44.6 Å². The van der Waals surface area contributed by atoms with E-state index in [4.69, 9.17) is 18.9 Å². The minimum Gasteiger partial charge on any atom is -0.494 e. The van der Waals surface area contributed by atoms with Gasteiger partial charge in [0.05, 0.1) is 31.2 Å². The molecule has 6 atom stereocenters. The second kappa shape index (κ2) is 16.2. The Bertz CT molecular complexity index is 2060. The number of aromatic nitrogens is 1. The molecule has 1 aromatic carbocycles. The van der Waals surface area contributed by atoms with Crippen molar-refractivity contribution in [2.24, 2.45) is 11.8 Å². The van der Waals surface area contributed by atoms with Crippen molar-refractivity contribution in [1.82, 2.24) is 25.2 Å². The Labute approximate surface area is 334 Å². The minimum atomic E-state index is -4.93. The molecule has 0 unspecified atom stereocenters. The van der Waals surface area contributed by atoms with Crippen LogP contribution < -0.4 is 24.8 Å². The maximum atomic E-state index is 14.8. The summed E-state index contributed by atoms with van der Waals surface area (Å²) in [5.41, 5.74) is -4.57. The standard InChI is InChI=1S/C39H50F3N5O10S/c1-36(2,39(40,41)42)57-35(51)44-30-23(22-54-4)12-8-6-7-9-13-24-19-38(24,34(50)46-58(52,53)37(3)16-17-37)45-31(48)28-18-25(21-47(28)33(30)49)56-32-27-15-11-10-14-26(27)29(55-5)20-43-32/h9-11,13-15,20,23-25,28,30H,6-8,12,16-19,21-22H2,1-5H3,(H,44,51)(H,45,48)(H,46,50)/b13-9-/t23-,24+,25+,28-,30-,38+/m0/s1. The number of rotatable bonds is 10. The van der Waals surface area contributed by atoms with Crippen LogP contribution in [0.5, 0.6) is 11.6 Å². The highest BCUT2D eigenvalue weighted by Gasteiger charge is 2.63. The quantitative estimate of drug-likeness (QED) is 0.290. The Kier molecular flexibility index (Phi) is 12.0. The Morgan fingerprint density at radius 3 is 2.45 bits per heavy atom. The lowest BCUT2D eigenvalue weighted by Gasteiger charge is -2.34. The van der Waals surface area contributed by atoms with Crippen LogP contribution in [0.3, 0.4) is 0 Å². The molecule has 2 aliphatic carbocycles. The van der Waals surface area contributed by atoms with E-state index in [-0.39, 0.29) is 31.9 Å². The number of pyridine rings is 1. The molecule has 318 valence electrons. The number of alkyl carbamates (subject to hydrolysis) is 1. The highest BCUT2D eigenvalue weighted by Crippen LogP contribution is 2.48. The average Bonchev–Trinajstić information content (AvgIpc) is 4.04. The van der Waals surface area contributed by atoms with Crippen molar-refractivity contribution < 1.29 is 59.7 Å². The van der Waals surface area contributed by atoms with E-state index in [1.54, 1.807) is 30.3 Å². The predicted octanol–water partition coefficient (Wildman–Crippen LogP) is 4.29. The first-order valence-electron chi connectivity index (χ1n) is 19.3. The number of amides is 4. The average molecular weight is 838 g/mol. The number of alkyl halides is 3. The Balaban J connectivity index is 1.37. The summed E-state index contributed by atoms with van der Waals surface area (Å²) in [6.07, 6.45) is 0.334. The van der Waals surface area contributed by atoms with Gasteiger partial charge in [-0.3, -0.25) is 19.1 Å². The number of nitrogens with one attached hydrogen (secondary N) is 3. The molecule has 0 bridgehead atoms. The second-order valence-corrected chi connectivity index (χ2v) is 18.5. The lowest BCUT2D eigenvalue weighted by Crippen LogP contribution is -2.60. The fraction of sp³-hybridized carbons (Fsp3) is 0.615. The van der Waals surface area contributed by atoms with Gasteiger partial charge in [0.1, 0.15) is 29.5 Å². The zero-order chi connectivity index (χ0) is 42.3. The number of nitrogens with zero attached hydrogens (tertiary/aromatic N) is 2. The molecule has 0 spiro atoms. The molecule has 3 N–H and O–H groups in total. The van der Waals surface area contributed by atoms with Gasteiger partial charge in [0.25, 0.3) is 5.91 Å². The summed E-state index contributed by atoms with van der Waals surface area (Å²) in [4.78, 5) is 62.0. The van der Waals surface area contributed by atoms with Crippen molar-refractivity contribution in [3.8, 4) is 11.6 Å². The third-order valence-corrected chi connectivity index (χ3v) is 13.8. The molecule has 15 nitrogen and oxygen atoms in total. The van der Waals surface area contributed by atoms with Crippen molar-refractivity contribution in [2.75, 3.05) is 27.4 Å². The smallest absolute Gasteiger partial charge is 0.427 e. The number of benzene rings is 1.